The van der Waals surface area contributed by atoms with E-state index in [9.17, 15) is 19.8 Å². The summed E-state index contributed by atoms with van der Waals surface area (Å²) in [6.07, 6.45) is 0. The number of ketones is 1. The molecule has 0 fully saturated rings. The molecule has 0 heterocycles. The zero-order valence-corrected chi connectivity index (χ0v) is 10.8. The minimum Gasteiger partial charge on any atom is -0.504 e. The monoisotopic (exact) mass is 271 g/mol. The van der Waals surface area contributed by atoms with Gasteiger partial charge in [0.05, 0.1) is 0 Å². The van der Waals surface area contributed by atoms with Gasteiger partial charge in [0.2, 0.25) is 0 Å². The number of phenolic OH excluding ortho intramolecular Hbond substituents is 2. The van der Waals surface area contributed by atoms with Crippen LogP contribution < -0.4 is 5.32 Å². The predicted octanol–water partition coefficient (Wildman–Crippen LogP) is 2.55. The summed E-state index contributed by atoms with van der Waals surface area (Å²) in [7, 11) is 0. The molecule has 1 amide bonds. The van der Waals surface area contributed by atoms with Gasteiger partial charge in [0.25, 0.3) is 5.91 Å². The fourth-order valence-electron chi connectivity index (χ4n) is 1.66. The van der Waals surface area contributed by atoms with Crippen LogP contribution in [-0.2, 0) is 0 Å². The molecule has 0 atom stereocenters. The van der Waals surface area contributed by atoms with E-state index >= 15 is 0 Å². The van der Waals surface area contributed by atoms with Crippen molar-refractivity contribution in [2.45, 2.75) is 6.92 Å². The molecule has 0 aliphatic rings. The fraction of sp³-hybridized carbons (Fsp3) is 0.0667. The van der Waals surface area contributed by atoms with Crippen LogP contribution in [0.4, 0.5) is 5.69 Å². The molecule has 0 aliphatic carbocycles. The van der Waals surface area contributed by atoms with Gasteiger partial charge in [-0.2, -0.15) is 0 Å². The second-order valence-corrected chi connectivity index (χ2v) is 4.29. The third-order valence-electron chi connectivity index (χ3n) is 2.79. The summed E-state index contributed by atoms with van der Waals surface area (Å²) < 4.78 is 0. The lowest BCUT2D eigenvalue weighted by atomic mass is 10.1. The largest absolute Gasteiger partial charge is 0.504 e. The van der Waals surface area contributed by atoms with E-state index in [4.69, 9.17) is 0 Å². The molecule has 102 valence electrons. The molecular formula is C15H13NO4. The van der Waals surface area contributed by atoms with Crippen molar-refractivity contribution in [1.29, 1.82) is 0 Å². The van der Waals surface area contributed by atoms with Gasteiger partial charge >= 0.3 is 0 Å². The van der Waals surface area contributed by atoms with Gasteiger partial charge in [0.15, 0.2) is 17.3 Å². The van der Waals surface area contributed by atoms with E-state index in [1.54, 1.807) is 24.3 Å². The number of Topliss-reactive ketones (excluding diaryl/α,β-unsaturated/α-hetero) is 1. The van der Waals surface area contributed by atoms with Crippen LogP contribution in [0.15, 0.2) is 42.5 Å². The van der Waals surface area contributed by atoms with Crippen molar-refractivity contribution in [3.8, 4) is 11.5 Å². The molecule has 5 nitrogen and oxygen atoms in total. The number of benzene rings is 2. The molecule has 2 aromatic carbocycles. The SMILES string of the molecule is CC(=O)c1ccc(NC(=O)c2ccc(O)c(O)c2)cc1. The highest BCUT2D eigenvalue weighted by Gasteiger charge is 2.09. The average Bonchev–Trinajstić information content (AvgIpc) is 2.42. The molecule has 2 rings (SSSR count). The number of carbonyl (C=O) groups is 2. The Labute approximate surface area is 115 Å². The van der Waals surface area contributed by atoms with Crippen molar-refractivity contribution in [3.05, 3.63) is 53.6 Å². The molecule has 0 saturated carbocycles. The summed E-state index contributed by atoms with van der Waals surface area (Å²) >= 11 is 0. The van der Waals surface area contributed by atoms with Gasteiger partial charge < -0.3 is 15.5 Å². The molecule has 0 saturated heterocycles. The number of carbonyl (C=O) groups excluding carboxylic acids is 2. The lowest BCUT2D eigenvalue weighted by molar-refractivity contribution is 0.101. The fourth-order valence-corrected chi connectivity index (χ4v) is 1.66. The molecule has 0 bridgehead atoms. The number of hydrogen-bond acceptors (Lipinski definition) is 4. The highest BCUT2D eigenvalue weighted by Crippen LogP contribution is 2.25. The van der Waals surface area contributed by atoms with Crippen LogP contribution in [0.1, 0.15) is 27.6 Å². The summed E-state index contributed by atoms with van der Waals surface area (Å²) in [4.78, 5) is 23.1. The maximum absolute atomic E-state index is 11.9. The first kappa shape index (κ1) is 13.6. The standard InChI is InChI=1S/C15H13NO4/c1-9(17)10-2-5-12(6-3-10)16-15(20)11-4-7-13(18)14(19)8-11/h2-8,18-19H,1H3,(H,16,20). The summed E-state index contributed by atoms with van der Waals surface area (Å²) in [5, 5.41) is 21.2. The Bertz CT molecular complexity index is 662. The lowest BCUT2D eigenvalue weighted by Crippen LogP contribution is -2.11. The number of anilines is 1. The van der Waals surface area contributed by atoms with Crippen LogP contribution in [0.3, 0.4) is 0 Å². The summed E-state index contributed by atoms with van der Waals surface area (Å²) in [5.74, 6) is -1.11. The molecule has 20 heavy (non-hydrogen) atoms. The van der Waals surface area contributed by atoms with E-state index in [-0.39, 0.29) is 22.8 Å². The third-order valence-corrected chi connectivity index (χ3v) is 2.79. The summed E-state index contributed by atoms with van der Waals surface area (Å²) in [6, 6.07) is 10.3. The first-order valence-corrected chi connectivity index (χ1v) is 5.91. The van der Waals surface area contributed by atoms with E-state index in [0.29, 0.717) is 11.3 Å². The molecule has 5 heteroatoms. The van der Waals surface area contributed by atoms with Crippen LogP contribution in [0.2, 0.25) is 0 Å². The first-order chi connectivity index (χ1) is 9.47. The van der Waals surface area contributed by atoms with Crippen molar-refractivity contribution in [2.24, 2.45) is 0 Å². The number of nitrogens with one attached hydrogen (secondary N) is 1. The van der Waals surface area contributed by atoms with Gasteiger partial charge in [-0.1, -0.05) is 0 Å². The van der Waals surface area contributed by atoms with E-state index in [2.05, 4.69) is 5.32 Å². The van der Waals surface area contributed by atoms with Crippen molar-refractivity contribution in [3.63, 3.8) is 0 Å². The molecule has 0 unspecified atom stereocenters. The Morgan fingerprint density at radius 3 is 2.05 bits per heavy atom. The van der Waals surface area contributed by atoms with Gasteiger partial charge in [-0.25, -0.2) is 0 Å². The number of phenols is 2. The summed E-state index contributed by atoms with van der Waals surface area (Å²) in [5.41, 5.74) is 1.31. The highest BCUT2D eigenvalue weighted by molar-refractivity contribution is 6.05. The van der Waals surface area contributed by atoms with E-state index < -0.39 is 5.91 Å². The Hall–Kier alpha value is -2.82. The predicted molar refractivity (Wildman–Crippen MR) is 74.2 cm³/mol. The Kier molecular flexibility index (Phi) is 3.70. The van der Waals surface area contributed by atoms with Crippen molar-refractivity contribution >= 4 is 17.4 Å². The lowest BCUT2D eigenvalue weighted by Gasteiger charge is -2.06. The molecule has 0 aromatic heterocycles. The van der Waals surface area contributed by atoms with Crippen LogP contribution >= 0.6 is 0 Å². The second kappa shape index (κ2) is 5.44. The Balaban J connectivity index is 2.14. The zero-order valence-electron chi connectivity index (χ0n) is 10.8. The minimum atomic E-state index is -0.420. The van der Waals surface area contributed by atoms with Gasteiger partial charge in [-0.3, -0.25) is 9.59 Å². The molecular weight excluding hydrogens is 258 g/mol. The quantitative estimate of drug-likeness (QED) is 0.591. The summed E-state index contributed by atoms with van der Waals surface area (Å²) in [6.45, 7) is 1.47. The van der Waals surface area contributed by atoms with Crippen molar-refractivity contribution in [2.75, 3.05) is 5.32 Å². The van der Waals surface area contributed by atoms with E-state index in [1.165, 1.54) is 25.1 Å². The van der Waals surface area contributed by atoms with Gasteiger partial charge in [0.1, 0.15) is 0 Å². The molecule has 0 aliphatic heterocycles. The van der Waals surface area contributed by atoms with Crippen LogP contribution in [-0.4, -0.2) is 21.9 Å². The Morgan fingerprint density at radius 2 is 1.50 bits per heavy atom. The first-order valence-electron chi connectivity index (χ1n) is 5.91. The maximum atomic E-state index is 11.9. The Morgan fingerprint density at radius 1 is 0.900 bits per heavy atom. The molecule has 3 N–H and O–H groups in total. The maximum Gasteiger partial charge on any atom is 0.255 e. The van der Waals surface area contributed by atoms with E-state index in [0.717, 1.165) is 0 Å². The normalized spacial score (nSPS) is 10.1. The minimum absolute atomic E-state index is 0.0497. The van der Waals surface area contributed by atoms with Crippen LogP contribution in [0.25, 0.3) is 0 Å². The van der Waals surface area contributed by atoms with Crippen LogP contribution in [0.5, 0.6) is 11.5 Å². The van der Waals surface area contributed by atoms with Crippen LogP contribution in [0, 0.1) is 0 Å². The third kappa shape index (κ3) is 2.95. The number of aromatic hydroxyl groups is 2. The topological polar surface area (TPSA) is 86.6 Å². The molecule has 0 spiro atoms. The van der Waals surface area contributed by atoms with Gasteiger partial charge in [-0.15, -0.1) is 0 Å². The van der Waals surface area contributed by atoms with Gasteiger partial charge in [-0.05, 0) is 49.4 Å². The second-order valence-electron chi connectivity index (χ2n) is 4.29. The average molecular weight is 271 g/mol. The highest BCUT2D eigenvalue weighted by atomic mass is 16.3. The molecule has 0 radical (unpaired) electrons. The van der Waals surface area contributed by atoms with Crippen molar-refractivity contribution in [1.82, 2.24) is 0 Å². The van der Waals surface area contributed by atoms with E-state index in [1.807, 2.05) is 0 Å². The van der Waals surface area contributed by atoms with Crippen molar-refractivity contribution < 1.29 is 19.8 Å². The zero-order chi connectivity index (χ0) is 14.7. The number of amides is 1. The number of hydrogen-bond donors (Lipinski definition) is 3. The van der Waals surface area contributed by atoms with Gasteiger partial charge in [0, 0.05) is 16.8 Å². The molecule has 2 aromatic rings. The smallest absolute Gasteiger partial charge is 0.255 e. The number of rotatable bonds is 3.